The molecule has 0 saturated carbocycles. The van der Waals surface area contributed by atoms with Gasteiger partial charge in [-0.15, -0.1) is 0 Å². The summed E-state index contributed by atoms with van der Waals surface area (Å²) in [5.41, 5.74) is 0. The third kappa shape index (κ3) is 30.8. The Morgan fingerprint density at radius 3 is 1.73 bits per heavy atom. The van der Waals surface area contributed by atoms with Crippen LogP contribution < -0.4 is 0 Å². The van der Waals surface area contributed by atoms with Crippen LogP contribution in [-0.4, -0.2) is 80.6 Å². The zero-order chi connectivity index (χ0) is 36.4. The Hall–Kier alpha value is -2.97. The summed E-state index contributed by atoms with van der Waals surface area (Å²) in [5.74, 6) is -1.58. The number of nitrogens with zero attached hydrogens (tertiary/aromatic N) is 1. The van der Waals surface area contributed by atoms with Gasteiger partial charge in [0.1, 0.15) is 6.61 Å². The second-order valence-electron chi connectivity index (χ2n) is 13.6. The van der Waals surface area contributed by atoms with Gasteiger partial charge in [-0.05, 0) is 51.4 Å². The zero-order valence-corrected chi connectivity index (χ0v) is 31.6. The molecule has 0 aromatic heterocycles. The van der Waals surface area contributed by atoms with Crippen LogP contribution in [0, 0.1) is 0 Å². The van der Waals surface area contributed by atoms with Crippen molar-refractivity contribution >= 4 is 17.9 Å². The third-order valence-electron chi connectivity index (χ3n) is 8.00. The predicted molar refractivity (Wildman–Crippen MR) is 201 cm³/mol. The summed E-state index contributed by atoms with van der Waals surface area (Å²) in [6, 6.07) is -0.624. The van der Waals surface area contributed by atoms with Gasteiger partial charge in [-0.2, -0.15) is 0 Å². The second kappa shape index (κ2) is 32.2. The van der Waals surface area contributed by atoms with E-state index in [0.717, 1.165) is 57.8 Å². The molecule has 280 valence electrons. The van der Waals surface area contributed by atoms with Crippen LogP contribution in [-0.2, 0) is 28.6 Å². The number of ether oxygens (including phenoxy) is 3. The molecule has 2 atom stereocenters. The Morgan fingerprint density at radius 2 is 1.14 bits per heavy atom. The van der Waals surface area contributed by atoms with Crippen molar-refractivity contribution in [3.05, 3.63) is 60.8 Å². The Balaban J connectivity index is 4.46. The van der Waals surface area contributed by atoms with Crippen LogP contribution in [0.15, 0.2) is 60.8 Å². The van der Waals surface area contributed by atoms with Crippen molar-refractivity contribution in [3.8, 4) is 0 Å². The van der Waals surface area contributed by atoms with Crippen molar-refractivity contribution in [3.63, 3.8) is 0 Å². The Morgan fingerprint density at radius 1 is 0.612 bits per heavy atom. The van der Waals surface area contributed by atoms with Crippen molar-refractivity contribution in [1.29, 1.82) is 0 Å². The topological polar surface area (TPSA) is 99.1 Å². The minimum Gasteiger partial charge on any atom is -0.477 e. The van der Waals surface area contributed by atoms with E-state index in [-0.39, 0.29) is 42.7 Å². The molecule has 8 nitrogen and oxygen atoms in total. The van der Waals surface area contributed by atoms with Gasteiger partial charge < -0.3 is 23.8 Å². The molecule has 1 N–H and O–H groups in total. The largest absolute Gasteiger partial charge is 0.477 e. The van der Waals surface area contributed by atoms with Crippen molar-refractivity contribution in [2.75, 3.05) is 41.0 Å². The number of esters is 2. The summed E-state index contributed by atoms with van der Waals surface area (Å²) in [6.45, 7) is 4.53. The van der Waals surface area contributed by atoms with Crippen LogP contribution in [0.3, 0.4) is 0 Å². The lowest BCUT2D eigenvalue weighted by Gasteiger charge is -2.31. The number of carboxylic acid groups (broad SMARTS) is 1. The molecule has 0 heterocycles. The highest BCUT2D eigenvalue weighted by molar-refractivity contribution is 5.72. The van der Waals surface area contributed by atoms with E-state index in [1.165, 1.54) is 32.1 Å². The maximum absolute atomic E-state index is 12.6. The smallest absolute Gasteiger partial charge is 0.362 e. The molecule has 49 heavy (non-hydrogen) atoms. The quantitative estimate of drug-likeness (QED) is 0.0247. The Labute approximate surface area is 298 Å². The van der Waals surface area contributed by atoms with Gasteiger partial charge in [0, 0.05) is 19.3 Å². The fourth-order valence-corrected chi connectivity index (χ4v) is 5.00. The SMILES string of the molecule is CCCCC/C=C/C=C/C=C/C=C/CCCCCCCC(=O)OC(COCCC(C(=O)O)[N+](C)(C)C)COC(=O)CC/C=C/CCCCC. The average Bonchev–Trinajstić information content (AvgIpc) is 3.05. The molecule has 0 saturated heterocycles. The first-order valence-electron chi connectivity index (χ1n) is 18.9. The average molecular weight is 689 g/mol. The molecule has 0 aliphatic heterocycles. The van der Waals surface area contributed by atoms with Gasteiger partial charge in [-0.1, -0.05) is 120 Å². The fourth-order valence-electron chi connectivity index (χ4n) is 5.00. The molecular formula is C41H70NO7+. The lowest BCUT2D eigenvalue weighted by molar-refractivity contribution is -0.887. The lowest BCUT2D eigenvalue weighted by Crippen LogP contribution is -2.50. The molecule has 0 fully saturated rings. The molecule has 0 rings (SSSR count). The minimum atomic E-state index is -0.888. The summed E-state index contributed by atoms with van der Waals surface area (Å²) in [5, 5.41) is 9.56. The zero-order valence-electron chi connectivity index (χ0n) is 31.6. The number of allylic oxidation sites excluding steroid dienone is 10. The minimum absolute atomic E-state index is 0.0367. The summed E-state index contributed by atoms with van der Waals surface area (Å²) in [7, 11) is 5.48. The Kier molecular flexibility index (Phi) is 30.3. The van der Waals surface area contributed by atoms with Gasteiger partial charge in [0.25, 0.3) is 0 Å². The molecule has 2 unspecified atom stereocenters. The Bertz CT molecular complexity index is 990. The van der Waals surface area contributed by atoms with Gasteiger partial charge in [-0.3, -0.25) is 9.59 Å². The number of likely N-dealkylation sites (N-methyl/N-ethyl adjacent to an activating group) is 1. The van der Waals surface area contributed by atoms with Gasteiger partial charge in [-0.25, -0.2) is 4.79 Å². The maximum Gasteiger partial charge on any atom is 0.362 e. The number of carbonyl (C=O) groups excluding carboxylic acids is 2. The van der Waals surface area contributed by atoms with E-state index in [1.807, 2.05) is 39.4 Å². The first kappa shape index (κ1) is 46.0. The van der Waals surface area contributed by atoms with Gasteiger partial charge in [0.2, 0.25) is 0 Å². The second-order valence-corrected chi connectivity index (χ2v) is 13.6. The summed E-state index contributed by atoms with van der Waals surface area (Å²) < 4.78 is 17.0. The summed E-state index contributed by atoms with van der Waals surface area (Å²) in [6.07, 6.45) is 37.2. The molecule has 8 heteroatoms. The number of unbranched alkanes of at least 4 members (excludes halogenated alkanes) is 11. The van der Waals surface area contributed by atoms with Gasteiger partial charge in [0.15, 0.2) is 12.1 Å². The molecule has 0 aromatic carbocycles. The number of rotatable bonds is 32. The summed E-state index contributed by atoms with van der Waals surface area (Å²) in [4.78, 5) is 36.6. The molecule has 0 aromatic rings. The van der Waals surface area contributed by atoms with E-state index in [1.54, 1.807) is 0 Å². The van der Waals surface area contributed by atoms with E-state index < -0.39 is 18.1 Å². The van der Waals surface area contributed by atoms with E-state index in [4.69, 9.17) is 14.2 Å². The molecular weight excluding hydrogens is 618 g/mol. The highest BCUT2D eigenvalue weighted by Gasteiger charge is 2.31. The van der Waals surface area contributed by atoms with Gasteiger partial charge >= 0.3 is 17.9 Å². The normalized spacial score (nSPS) is 13.7. The molecule has 0 bridgehead atoms. The molecule has 0 amide bonds. The van der Waals surface area contributed by atoms with Crippen molar-refractivity contribution in [2.24, 2.45) is 0 Å². The van der Waals surface area contributed by atoms with Crippen LogP contribution in [0.25, 0.3) is 0 Å². The van der Waals surface area contributed by atoms with Crippen LogP contribution in [0.2, 0.25) is 0 Å². The lowest BCUT2D eigenvalue weighted by atomic mass is 10.1. The molecule has 0 spiro atoms. The van der Waals surface area contributed by atoms with E-state index >= 15 is 0 Å². The number of hydrogen-bond donors (Lipinski definition) is 1. The van der Waals surface area contributed by atoms with Crippen molar-refractivity contribution < 1.29 is 38.2 Å². The van der Waals surface area contributed by atoms with Gasteiger partial charge in [0.05, 0.1) is 34.4 Å². The maximum atomic E-state index is 12.6. The van der Waals surface area contributed by atoms with Crippen molar-refractivity contribution in [2.45, 2.75) is 142 Å². The standard InChI is InChI=1S/C41H69NO7/c1-6-8-10-12-14-15-16-17-18-19-20-21-22-23-24-26-28-30-32-40(44)49-37(35-47-34-33-38(41(45)46)42(3,4)5)36-48-39(43)31-29-27-25-13-11-9-7-2/h14-21,25,27,37-38H,6-13,22-24,26,28-36H2,1-5H3/p+1/b15-14+,17-16+,19-18+,21-20+,27-25+. The highest BCUT2D eigenvalue weighted by Crippen LogP contribution is 2.12. The molecule has 0 aliphatic carbocycles. The van der Waals surface area contributed by atoms with E-state index in [0.29, 0.717) is 19.3 Å². The molecule has 0 radical (unpaired) electrons. The first-order valence-corrected chi connectivity index (χ1v) is 18.9. The van der Waals surface area contributed by atoms with E-state index in [2.05, 4.69) is 56.4 Å². The van der Waals surface area contributed by atoms with Crippen LogP contribution in [0.5, 0.6) is 0 Å². The number of aliphatic carboxylic acids is 1. The molecule has 0 aliphatic rings. The van der Waals surface area contributed by atoms with Crippen LogP contribution in [0.1, 0.15) is 129 Å². The predicted octanol–water partition coefficient (Wildman–Crippen LogP) is 9.46. The van der Waals surface area contributed by atoms with Crippen LogP contribution >= 0.6 is 0 Å². The van der Waals surface area contributed by atoms with Crippen molar-refractivity contribution in [1.82, 2.24) is 0 Å². The fraction of sp³-hybridized carbons (Fsp3) is 0.683. The number of hydrogen-bond acceptors (Lipinski definition) is 6. The first-order chi connectivity index (χ1) is 23.6. The van der Waals surface area contributed by atoms with E-state index in [9.17, 15) is 19.5 Å². The number of quaternary nitrogens is 1. The van der Waals surface area contributed by atoms with Crippen LogP contribution in [0.4, 0.5) is 0 Å². The summed E-state index contributed by atoms with van der Waals surface area (Å²) >= 11 is 0. The monoisotopic (exact) mass is 689 g/mol. The highest BCUT2D eigenvalue weighted by atomic mass is 16.6. The number of carbonyl (C=O) groups is 3. The third-order valence-corrected chi connectivity index (χ3v) is 8.00. The number of carboxylic acids is 1.